The van der Waals surface area contributed by atoms with E-state index in [9.17, 15) is 0 Å². The third-order valence-corrected chi connectivity index (χ3v) is 5.44. The molecule has 1 aliphatic carbocycles. The fraction of sp³-hybridized carbons (Fsp3) is 0.542. The van der Waals surface area contributed by atoms with Crippen LogP contribution in [-0.4, -0.2) is 0 Å². The predicted octanol–water partition coefficient (Wildman–Crippen LogP) is 5.84. The van der Waals surface area contributed by atoms with E-state index in [0.717, 1.165) is 17.7 Å². The van der Waals surface area contributed by atoms with Gasteiger partial charge in [-0.15, -0.1) is 0 Å². The Hall–Kier alpha value is -1.83. The van der Waals surface area contributed by atoms with Crippen LogP contribution in [-0.2, 0) is 7.05 Å². The quantitative estimate of drug-likeness (QED) is 0.415. The number of nitrogens with zero attached hydrogens (tertiary/aromatic N) is 1. The van der Waals surface area contributed by atoms with Crippen LogP contribution in [0.25, 0.3) is 5.70 Å². The Kier molecular flexibility index (Phi) is 8.15. The molecule has 0 fully saturated rings. The molecule has 2 rings (SSSR count). The summed E-state index contributed by atoms with van der Waals surface area (Å²) in [7, 11) is 2.03. The Morgan fingerprint density at radius 1 is 1.12 bits per heavy atom. The first-order valence-corrected chi connectivity index (χ1v) is 10.4. The first-order chi connectivity index (χ1) is 12.6. The summed E-state index contributed by atoms with van der Waals surface area (Å²) in [5.41, 5.74) is 10.1. The Bertz CT molecular complexity index is 637. The van der Waals surface area contributed by atoms with Crippen LogP contribution in [0.5, 0.6) is 0 Å². The van der Waals surface area contributed by atoms with Crippen molar-refractivity contribution in [2.75, 3.05) is 0 Å². The largest absolute Gasteiger partial charge is 0.398 e. The number of aromatic nitrogens is 1. The lowest BCUT2D eigenvalue weighted by molar-refractivity contribution is -0.671. The van der Waals surface area contributed by atoms with Gasteiger partial charge in [-0.1, -0.05) is 75.8 Å². The monoisotopic (exact) mass is 353 g/mol. The van der Waals surface area contributed by atoms with E-state index in [-0.39, 0.29) is 5.41 Å². The van der Waals surface area contributed by atoms with Gasteiger partial charge >= 0.3 is 0 Å². The minimum absolute atomic E-state index is 0.0749. The van der Waals surface area contributed by atoms with E-state index < -0.39 is 0 Å². The summed E-state index contributed by atoms with van der Waals surface area (Å²) in [6.45, 7) is 4.53. The van der Waals surface area contributed by atoms with Crippen molar-refractivity contribution < 1.29 is 4.57 Å². The summed E-state index contributed by atoms with van der Waals surface area (Å²) in [5, 5.41) is 0. The van der Waals surface area contributed by atoms with Crippen molar-refractivity contribution in [1.29, 1.82) is 0 Å². The number of pyridine rings is 1. The van der Waals surface area contributed by atoms with Gasteiger partial charge in [0.25, 0.3) is 0 Å². The van der Waals surface area contributed by atoms with Gasteiger partial charge in [-0.25, -0.2) is 4.57 Å². The molecule has 0 amide bonds. The fourth-order valence-electron chi connectivity index (χ4n) is 3.65. The summed E-state index contributed by atoms with van der Waals surface area (Å²) in [5.74, 6) is 0. The third-order valence-electron chi connectivity index (χ3n) is 5.44. The summed E-state index contributed by atoms with van der Waals surface area (Å²) in [6.07, 6.45) is 24.9. The van der Waals surface area contributed by atoms with Gasteiger partial charge in [0.1, 0.15) is 7.05 Å². The Morgan fingerprint density at radius 2 is 1.81 bits per heavy atom. The van der Waals surface area contributed by atoms with Crippen molar-refractivity contribution in [3.8, 4) is 0 Å². The lowest BCUT2D eigenvalue weighted by Gasteiger charge is -2.30. The van der Waals surface area contributed by atoms with Crippen molar-refractivity contribution in [3.05, 3.63) is 60.0 Å². The lowest BCUT2D eigenvalue weighted by Crippen LogP contribution is -2.26. The van der Waals surface area contributed by atoms with Crippen molar-refractivity contribution in [3.63, 3.8) is 0 Å². The van der Waals surface area contributed by atoms with E-state index in [1.807, 2.05) is 11.6 Å². The highest BCUT2D eigenvalue weighted by Gasteiger charge is 2.26. The molecule has 1 aromatic rings. The average molecular weight is 354 g/mol. The Labute approximate surface area is 160 Å². The third kappa shape index (κ3) is 6.16. The van der Waals surface area contributed by atoms with E-state index in [1.165, 1.54) is 56.9 Å². The Balaban J connectivity index is 2.14. The molecule has 0 spiro atoms. The van der Waals surface area contributed by atoms with Gasteiger partial charge in [-0.3, -0.25) is 0 Å². The zero-order chi connectivity index (χ0) is 18.8. The second-order valence-corrected chi connectivity index (χ2v) is 7.82. The van der Waals surface area contributed by atoms with Gasteiger partial charge in [0.15, 0.2) is 12.4 Å². The molecular weight excluding hydrogens is 316 g/mol. The molecule has 142 valence electrons. The maximum Gasteiger partial charge on any atom is 0.169 e. The number of rotatable bonds is 10. The van der Waals surface area contributed by atoms with Crippen molar-refractivity contribution >= 4 is 5.70 Å². The van der Waals surface area contributed by atoms with Crippen LogP contribution in [0.3, 0.4) is 0 Å². The summed E-state index contributed by atoms with van der Waals surface area (Å²) in [4.78, 5) is 0. The molecule has 0 aromatic carbocycles. The standard InChI is InChI=1S/C24H37N2/c1-4-6-8-10-21-11-16-24(17-12-21,15-9-7-5-2)20-23(25)22-13-18-26(3)19-14-22/h11-14,16,18-20H,4-10,15,17,25H2,1-3H3/q+1. The number of aryl methyl sites for hydroxylation is 1. The molecule has 1 atom stereocenters. The highest BCUT2D eigenvalue weighted by atomic mass is 14.9. The molecule has 0 radical (unpaired) electrons. The van der Waals surface area contributed by atoms with Crippen molar-refractivity contribution in [2.45, 2.75) is 71.6 Å². The first kappa shape index (κ1) is 20.5. The highest BCUT2D eigenvalue weighted by Crippen LogP contribution is 2.39. The molecule has 1 heterocycles. The van der Waals surface area contributed by atoms with Gasteiger partial charge in [0.2, 0.25) is 0 Å². The van der Waals surface area contributed by atoms with Crippen LogP contribution >= 0.6 is 0 Å². The smallest absolute Gasteiger partial charge is 0.169 e. The van der Waals surface area contributed by atoms with Crippen molar-refractivity contribution in [2.24, 2.45) is 18.2 Å². The minimum atomic E-state index is 0.0749. The zero-order valence-electron chi connectivity index (χ0n) is 17.0. The summed E-state index contributed by atoms with van der Waals surface area (Å²) >= 11 is 0. The highest BCUT2D eigenvalue weighted by molar-refractivity contribution is 5.63. The number of nitrogens with two attached hydrogens (primary N) is 1. The first-order valence-electron chi connectivity index (χ1n) is 10.4. The molecule has 26 heavy (non-hydrogen) atoms. The zero-order valence-corrected chi connectivity index (χ0v) is 17.0. The van der Waals surface area contributed by atoms with E-state index >= 15 is 0 Å². The number of unbranched alkanes of at least 4 members (excludes halogenated alkanes) is 4. The summed E-state index contributed by atoms with van der Waals surface area (Å²) < 4.78 is 2.04. The average Bonchev–Trinajstić information content (AvgIpc) is 2.64. The van der Waals surface area contributed by atoms with Gasteiger partial charge in [0.05, 0.1) is 0 Å². The second kappa shape index (κ2) is 10.4. The van der Waals surface area contributed by atoms with E-state index in [1.54, 1.807) is 0 Å². The van der Waals surface area contributed by atoms with E-state index in [4.69, 9.17) is 5.73 Å². The van der Waals surface area contributed by atoms with Crippen LogP contribution in [0.2, 0.25) is 0 Å². The van der Waals surface area contributed by atoms with E-state index in [0.29, 0.717) is 0 Å². The van der Waals surface area contributed by atoms with Gasteiger partial charge in [-0.2, -0.15) is 0 Å². The van der Waals surface area contributed by atoms with Crippen LogP contribution < -0.4 is 10.3 Å². The maximum atomic E-state index is 6.50. The maximum absolute atomic E-state index is 6.50. The van der Waals surface area contributed by atoms with Gasteiger partial charge in [0, 0.05) is 28.8 Å². The fourth-order valence-corrected chi connectivity index (χ4v) is 3.65. The molecule has 1 aromatic heterocycles. The topological polar surface area (TPSA) is 29.9 Å². The number of hydrogen-bond donors (Lipinski definition) is 1. The molecule has 0 saturated heterocycles. The SMILES string of the molecule is CCCCCC1=CCC(C=C(N)c2cc[n+](C)cc2)(CCCCC)C=C1. The van der Waals surface area contributed by atoms with Crippen LogP contribution in [0, 0.1) is 5.41 Å². The molecule has 0 saturated carbocycles. The molecule has 2 N–H and O–H groups in total. The minimum Gasteiger partial charge on any atom is -0.398 e. The van der Waals surface area contributed by atoms with Crippen LogP contribution in [0.1, 0.15) is 77.2 Å². The normalized spacial score (nSPS) is 20.3. The van der Waals surface area contributed by atoms with Gasteiger partial charge < -0.3 is 5.73 Å². The molecular formula is C24H37N2+. The molecule has 2 heteroatoms. The number of allylic oxidation sites excluding steroid dienone is 5. The van der Waals surface area contributed by atoms with E-state index in [2.05, 4.69) is 62.7 Å². The molecule has 1 unspecified atom stereocenters. The molecule has 0 bridgehead atoms. The summed E-state index contributed by atoms with van der Waals surface area (Å²) in [6, 6.07) is 4.20. The van der Waals surface area contributed by atoms with Crippen LogP contribution in [0.4, 0.5) is 0 Å². The molecule has 0 aliphatic heterocycles. The Morgan fingerprint density at radius 3 is 2.42 bits per heavy atom. The van der Waals surface area contributed by atoms with Gasteiger partial charge in [-0.05, 0) is 25.7 Å². The molecule has 2 nitrogen and oxygen atoms in total. The predicted molar refractivity (Wildman–Crippen MR) is 112 cm³/mol. The van der Waals surface area contributed by atoms with Crippen LogP contribution in [0.15, 0.2) is 54.4 Å². The lowest BCUT2D eigenvalue weighted by atomic mass is 9.74. The second-order valence-electron chi connectivity index (χ2n) is 7.82. The van der Waals surface area contributed by atoms with Crippen molar-refractivity contribution in [1.82, 2.24) is 0 Å². The molecule has 1 aliphatic rings. The number of hydrogen-bond acceptors (Lipinski definition) is 1.